The van der Waals surface area contributed by atoms with Gasteiger partial charge in [-0.1, -0.05) is 23.2 Å². The Labute approximate surface area is 124 Å². The zero-order chi connectivity index (χ0) is 13.4. The fraction of sp³-hybridized carbons (Fsp3) is 0.154. The van der Waals surface area contributed by atoms with Gasteiger partial charge in [-0.25, -0.2) is 0 Å². The van der Waals surface area contributed by atoms with Crippen LogP contribution in [0.2, 0.25) is 9.36 Å². The van der Waals surface area contributed by atoms with E-state index in [9.17, 15) is 4.79 Å². The largest absolute Gasteiger partial charge is 0.379 e. The van der Waals surface area contributed by atoms with Crippen molar-refractivity contribution in [2.75, 3.05) is 10.6 Å². The van der Waals surface area contributed by atoms with Gasteiger partial charge in [-0.2, -0.15) is 0 Å². The highest BCUT2D eigenvalue weighted by Gasteiger charge is 2.19. The van der Waals surface area contributed by atoms with E-state index in [1.807, 2.05) is 18.2 Å². The summed E-state index contributed by atoms with van der Waals surface area (Å²) in [5.74, 6) is 0.00764. The lowest BCUT2D eigenvalue weighted by Gasteiger charge is -2.09. The van der Waals surface area contributed by atoms with Crippen LogP contribution >= 0.6 is 34.5 Å². The van der Waals surface area contributed by atoms with Crippen molar-refractivity contribution in [2.45, 2.75) is 13.0 Å². The minimum Gasteiger partial charge on any atom is -0.379 e. The molecule has 0 fully saturated rings. The summed E-state index contributed by atoms with van der Waals surface area (Å²) in [6.07, 6.45) is 0.409. The lowest BCUT2D eigenvalue weighted by Crippen LogP contribution is -2.03. The number of carbonyl (C=O) groups excluding carboxylic acids is 1. The van der Waals surface area contributed by atoms with Crippen molar-refractivity contribution in [3.8, 4) is 0 Å². The zero-order valence-corrected chi connectivity index (χ0v) is 12.1. The van der Waals surface area contributed by atoms with Crippen LogP contribution in [0, 0.1) is 0 Å². The first kappa shape index (κ1) is 12.8. The molecule has 2 aromatic rings. The van der Waals surface area contributed by atoms with Gasteiger partial charge < -0.3 is 10.6 Å². The van der Waals surface area contributed by atoms with E-state index in [0.717, 1.165) is 26.2 Å². The molecule has 0 spiro atoms. The smallest absolute Gasteiger partial charge is 0.228 e. The third-order valence-corrected chi connectivity index (χ3v) is 4.44. The number of fused-ring (bicyclic) bond motifs is 1. The number of hydrogen-bond donors (Lipinski definition) is 2. The number of halogens is 2. The third-order valence-electron chi connectivity index (χ3n) is 2.90. The van der Waals surface area contributed by atoms with Crippen molar-refractivity contribution in [2.24, 2.45) is 0 Å². The fourth-order valence-electron chi connectivity index (χ4n) is 2.01. The second-order valence-electron chi connectivity index (χ2n) is 4.27. The van der Waals surface area contributed by atoms with Crippen molar-refractivity contribution in [3.05, 3.63) is 44.1 Å². The molecule has 19 heavy (non-hydrogen) atoms. The number of nitrogens with one attached hydrogen (secondary N) is 2. The highest BCUT2D eigenvalue weighted by atomic mass is 35.5. The van der Waals surface area contributed by atoms with Gasteiger partial charge in [0.2, 0.25) is 5.91 Å². The number of rotatable bonds is 3. The maximum Gasteiger partial charge on any atom is 0.228 e. The third kappa shape index (κ3) is 2.71. The van der Waals surface area contributed by atoms with Gasteiger partial charge in [0.05, 0.1) is 21.5 Å². The summed E-state index contributed by atoms with van der Waals surface area (Å²) in [6.45, 7) is 0.664. The Morgan fingerprint density at radius 1 is 1.32 bits per heavy atom. The van der Waals surface area contributed by atoms with E-state index in [4.69, 9.17) is 23.2 Å². The van der Waals surface area contributed by atoms with E-state index in [2.05, 4.69) is 10.6 Å². The Morgan fingerprint density at radius 3 is 2.89 bits per heavy atom. The highest BCUT2D eigenvalue weighted by Crippen LogP contribution is 2.33. The summed E-state index contributed by atoms with van der Waals surface area (Å²) in [5.41, 5.74) is 2.61. The molecule has 2 N–H and O–H groups in total. The fourth-order valence-corrected chi connectivity index (χ4v) is 3.27. The summed E-state index contributed by atoms with van der Waals surface area (Å²) in [5, 5.41) is 6.64. The summed E-state index contributed by atoms with van der Waals surface area (Å²) >= 11 is 13.6. The Hall–Kier alpha value is -1.23. The number of thiophene rings is 1. The van der Waals surface area contributed by atoms with Crippen LogP contribution in [0.15, 0.2) is 24.3 Å². The molecular weight excluding hydrogens is 303 g/mol. The molecule has 1 aromatic heterocycles. The minimum absolute atomic E-state index is 0.00764. The van der Waals surface area contributed by atoms with E-state index in [1.54, 1.807) is 6.07 Å². The number of hydrogen-bond acceptors (Lipinski definition) is 3. The molecule has 0 bridgehead atoms. The Kier molecular flexibility index (Phi) is 3.39. The van der Waals surface area contributed by atoms with Gasteiger partial charge in [0.15, 0.2) is 0 Å². The van der Waals surface area contributed by atoms with Gasteiger partial charge in [-0.15, -0.1) is 11.3 Å². The summed E-state index contributed by atoms with van der Waals surface area (Å²) in [6, 6.07) is 7.55. The molecule has 0 unspecified atom stereocenters. The molecule has 3 nitrogen and oxygen atoms in total. The molecule has 0 saturated carbocycles. The monoisotopic (exact) mass is 312 g/mol. The van der Waals surface area contributed by atoms with E-state index in [1.165, 1.54) is 11.3 Å². The first-order chi connectivity index (χ1) is 9.11. The SMILES string of the molecule is O=C1Cc2cc(NCc3ccc(Cl)s3)c(Cl)cc2N1. The molecule has 1 aromatic carbocycles. The van der Waals surface area contributed by atoms with Crippen molar-refractivity contribution >= 4 is 51.8 Å². The second kappa shape index (κ2) is 5.04. The first-order valence-electron chi connectivity index (χ1n) is 5.72. The topological polar surface area (TPSA) is 41.1 Å². The van der Waals surface area contributed by atoms with Crippen LogP contribution in [0.5, 0.6) is 0 Å². The maximum atomic E-state index is 11.3. The number of amides is 1. The second-order valence-corrected chi connectivity index (χ2v) is 6.48. The highest BCUT2D eigenvalue weighted by molar-refractivity contribution is 7.16. The Balaban J connectivity index is 1.78. The minimum atomic E-state index is 0.00764. The van der Waals surface area contributed by atoms with Crippen LogP contribution in [0.1, 0.15) is 10.4 Å². The molecule has 6 heteroatoms. The van der Waals surface area contributed by atoms with E-state index >= 15 is 0 Å². The predicted octanol–water partition coefficient (Wildman–Crippen LogP) is 4.16. The van der Waals surface area contributed by atoms with Gasteiger partial charge in [0.1, 0.15) is 0 Å². The van der Waals surface area contributed by atoms with Crippen molar-refractivity contribution in [3.63, 3.8) is 0 Å². The molecule has 0 saturated heterocycles. The summed E-state index contributed by atoms with van der Waals surface area (Å²) in [4.78, 5) is 12.5. The average Bonchev–Trinajstić information content (AvgIpc) is 2.91. The van der Waals surface area contributed by atoms with Crippen LogP contribution in [-0.4, -0.2) is 5.91 Å². The van der Waals surface area contributed by atoms with E-state index in [0.29, 0.717) is 18.0 Å². The lowest BCUT2D eigenvalue weighted by molar-refractivity contribution is -0.115. The summed E-state index contributed by atoms with van der Waals surface area (Å²) < 4.78 is 0.770. The predicted molar refractivity (Wildman–Crippen MR) is 80.4 cm³/mol. The summed E-state index contributed by atoms with van der Waals surface area (Å²) in [7, 11) is 0. The number of benzene rings is 1. The molecule has 1 amide bonds. The number of carbonyl (C=O) groups is 1. The molecule has 0 aliphatic carbocycles. The van der Waals surface area contributed by atoms with Gasteiger partial charge in [-0.3, -0.25) is 4.79 Å². The van der Waals surface area contributed by atoms with Gasteiger partial charge in [0.25, 0.3) is 0 Å². The van der Waals surface area contributed by atoms with Crippen LogP contribution in [-0.2, 0) is 17.8 Å². The van der Waals surface area contributed by atoms with Gasteiger partial charge >= 0.3 is 0 Å². The van der Waals surface area contributed by atoms with Crippen LogP contribution in [0.3, 0.4) is 0 Å². The lowest BCUT2D eigenvalue weighted by atomic mass is 10.1. The Bertz CT molecular complexity index is 654. The number of anilines is 2. The first-order valence-corrected chi connectivity index (χ1v) is 7.29. The van der Waals surface area contributed by atoms with Crippen molar-refractivity contribution in [1.29, 1.82) is 0 Å². The van der Waals surface area contributed by atoms with Gasteiger partial charge in [-0.05, 0) is 29.8 Å². The van der Waals surface area contributed by atoms with Gasteiger partial charge in [0, 0.05) is 17.1 Å². The van der Waals surface area contributed by atoms with Crippen LogP contribution < -0.4 is 10.6 Å². The van der Waals surface area contributed by atoms with E-state index < -0.39 is 0 Å². The molecule has 3 rings (SSSR count). The normalized spacial score (nSPS) is 13.3. The molecule has 0 atom stereocenters. The molecule has 98 valence electrons. The maximum absolute atomic E-state index is 11.3. The molecule has 1 aliphatic heterocycles. The molecule has 2 heterocycles. The average molecular weight is 313 g/mol. The molecule has 1 aliphatic rings. The quantitative estimate of drug-likeness (QED) is 0.893. The van der Waals surface area contributed by atoms with Crippen molar-refractivity contribution in [1.82, 2.24) is 0 Å². The van der Waals surface area contributed by atoms with Crippen LogP contribution in [0.25, 0.3) is 0 Å². The Morgan fingerprint density at radius 2 is 2.16 bits per heavy atom. The molecule has 0 radical (unpaired) electrons. The van der Waals surface area contributed by atoms with Crippen LogP contribution in [0.4, 0.5) is 11.4 Å². The van der Waals surface area contributed by atoms with E-state index in [-0.39, 0.29) is 5.91 Å². The van der Waals surface area contributed by atoms with Crippen molar-refractivity contribution < 1.29 is 4.79 Å². The molecular formula is C13H10Cl2N2OS. The zero-order valence-electron chi connectivity index (χ0n) is 9.80. The standard InChI is InChI=1S/C13H10Cl2N2OS/c14-9-5-10-7(4-13(18)17-10)3-11(9)16-6-8-1-2-12(15)19-8/h1-3,5,16H,4,6H2,(H,17,18).